The van der Waals surface area contributed by atoms with Crippen LogP contribution in [0, 0.1) is 5.82 Å². The molecule has 0 saturated carbocycles. The average molecular weight is 311 g/mol. The van der Waals surface area contributed by atoms with Crippen molar-refractivity contribution >= 4 is 22.5 Å². The zero-order valence-electron chi connectivity index (χ0n) is 12.6. The van der Waals surface area contributed by atoms with Crippen LogP contribution in [0.25, 0.3) is 10.9 Å². The molecule has 3 rings (SSSR count). The number of fused-ring (bicyclic) bond motifs is 1. The molecule has 0 aliphatic rings. The molecule has 0 aliphatic carbocycles. The highest BCUT2D eigenvalue weighted by atomic mass is 19.1. The second-order valence-corrected chi connectivity index (χ2v) is 5.29. The molecule has 0 atom stereocenters. The van der Waals surface area contributed by atoms with Gasteiger partial charge in [0.25, 0.3) is 0 Å². The lowest BCUT2D eigenvalue weighted by atomic mass is 10.1. The molecule has 0 bridgehead atoms. The zero-order chi connectivity index (χ0) is 16.1. The molecule has 0 spiro atoms. The van der Waals surface area contributed by atoms with Crippen LogP contribution in [0.1, 0.15) is 5.56 Å². The van der Waals surface area contributed by atoms with Crippen LogP contribution >= 0.6 is 0 Å². The van der Waals surface area contributed by atoms with E-state index < -0.39 is 0 Å². The Kier molecular flexibility index (Phi) is 4.57. The normalized spacial score (nSPS) is 10.7. The number of anilines is 1. The van der Waals surface area contributed by atoms with E-state index in [-0.39, 0.29) is 18.3 Å². The molecule has 0 unspecified atom stereocenters. The molecule has 5 heteroatoms. The first-order chi connectivity index (χ1) is 11.2. The summed E-state index contributed by atoms with van der Waals surface area (Å²) in [4.78, 5) is 15.0. The molecule has 0 saturated heterocycles. The summed E-state index contributed by atoms with van der Waals surface area (Å²) in [7, 11) is 0. The Morgan fingerprint density at radius 1 is 1.09 bits per heavy atom. The number of hydrogen-bond acceptors (Lipinski definition) is 2. The van der Waals surface area contributed by atoms with Crippen molar-refractivity contribution in [2.45, 2.75) is 6.42 Å². The summed E-state index contributed by atoms with van der Waals surface area (Å²) in [5.41, 5.74) is 2.59. The van der Waals surface area contributed by atoms with Crippen molar-refractivity contribution in [1.82, 2.24) is 10.3 Å². The first-order valence-corrected chi connectivity index (χ1v) is 7.54. The summed E-state index contributed by atoms with van der Waals surface area (Å²) in [6.45, 7) is 0.592. The van der Waals surface area contributed by atoms with Crippen LogP contribution < -0.4 is 10.6 Å². The van der Waals surface area contributed by atoms with Crippen LogP contribution in [-0.2, 0) is 11.2 Å². The minimum atomic E-state index is -0.362. The largest absolute Gasteiger partial charge is 0.374 e. The van der Waals surface area contributed by atoms with Gasteiger partial charge in [0, 0.05) is 23.6 Å². The Hall–Kier alpha value is -2.82. The van der Waals surface area contributed by atoms with Crippen molar-refractivity contribution in [3.8, 4) is 0 Å². The lowest BCUT2D eigenvalue weighted by molar-refractivity contribution is -0.119. The molecule has 0 fully saturated rings. The van der Waals surface area contributed by atoms with Gasteiger partial charge in [-0.2, -0.15) is 0 Å². The lowest BCUT2D eigenvalue weighted by Crippen LogP contribution is -2.31. The van der Waals surface area contributed by atoms with Crippen molar-refractivity contribution in [1.29, 1.82) is 0 Å². The maximum absolute atomic E-state index is 13.4. The molecule has 118 valence electrons. The number of benzene rings is 2. The highest BCUT2D eigenvalue weighted by molar-refractivity contribution is 5.83. The van der Waals surface area contributed by atoms with Gasteiger partial charge in [0.2, 0.25) is 5.91 Å². The first kappa shape index (κ1) is 15.1. The number of H-pyrrole nitrogens is 1. The van der Waals surface area contributed by atoms with Crippen molar-refractivity contribution in [2.75, 3.05) is 18.4 Å². The Bertz CT molecular complexity index is 813. The maximum atomic E-state index is 13.4. The minimum Gasteiger partial charge on any atom is -0.374 e. The summed E-state index contributed by atoms with van der Waals surface area (Å²) in [5, 5.41) is 6.80. The fraction of sp³-hybridized carbons (Fsp3) is 0.167. The average Bonchev–Trinajstić information content (AvgIpc) is 2.98. The SMILES string of the molecule is O=C(CNc1ccccc1F)NCCc1c[nH]c2ccccc12. The van der Waals surface area contributed by atoms with E-state index >= 15 is 0 Å². The number of amides is 1. The molecule has 0 aliphatic heterocycles. The van der Waals surface area contributed by atoms with E-state index in [1.54, 1.807) is 18.2 Å². The summed E-state index contributed by atoms with van der Waals surface area (Å²) < 4.78 is 13.4. The molecule has 0 radical (unpaired) electrons. The van der Waals surface area contributed by atoms with E-state index in [9.17, 15) is 9.18 Å². The van der Waals surface area contributed by atoms with Gasteiger partial charge in [-0.05, 0) is 30.2 Å². The van der Waals surface area contributed by atoms with Gasteiger partial charge in [0.05, 0.1) is 12.2 Å². The van der Waals surface area contributed by atoms with E-state index in [0.29, 0.717) is 12.2 Å². The first-order valence-electron chi connectivity index (χ1n) is 7.54. The van der Waals surface area contributed by atoms with Crippen molar-refractivity contribution in [2.24, 2.45) is 0 Å². The van der Waals surface area contributed by atoms with Crippen LogP contribution in [0.5, 0.6) is 0 Å². The fourth-order valence-corrected chi connectivity index (χ4v) is 2.52. The third-order valence-corrected chi connectivity index (χ3v) is 3.70. The van der Waals surface area contributed by atoms with Gasteiger partial charge in [-0.15, -0.1) is 0 Å². The van der Waals surface area contributed by atoms with Gasteiger partial charge in [-0.3, -0.25) is 4.79 Å². The predicted octanol–water partition coefficient (Wildman–Crippen LogP) is 3.08. The Morgan fingerprint density at radius 2 is 1.87 bits per heavy atom. The van der Waals surface area contributed by atoms with Crippen molar-refractivity contribution in [3.05, 3.63) is 66.1 Å². The van der Waals surface area contributed by atoms with E-state index in [1.807, 2.05) is 24.4 Å². The Balaban J connectivity index is 1.47. The standard InChI is InChI=1S/C18H18FN3O/c19-15-6-2-4-8-17(15)22-12-18(23)20-10-9-13-11-21-16-7-3-1-5-14(13)16/h1-8,11,21-22H,9-10,12H2,(H,20,23). The number of nitrogens with one attached hydrogen (secondary N) is 3. The number of hydrogen-bond donors (Lipinski definition) is 3. The summed E-state index contributed by atoms with van der Waals surface area (Å²) in [6, 6.07) is 14.4. The lowest BCUT2D eigenvalue weighted by Gasteiger charge is -2.08. The topological polar surface area (TPSA) is 56.9 Å². The molecule has 4 nitrogen and oxygen atoms in total. The smallest absolute Gasteiger partial charge is 0.239 e. The monoisotopic (exact) mass is 311 g/mol. The highest BCUT2D eigenvalue weighted by Crippen LogP contribution is 2.17. The van der Waals surface area contributed by atoms with Crippen LogP contribution in [0.4, 0.5) is 10.1 Å². The van der Waals surface area contributed by atoms with E-state index in [2.05, 4.69) is 21.7 Å². The van der Waals surface area contributed by atoms with Gasteiger partial charge >= 0.3 is 0 Å². The van der Waals surface area contributed by atoms with Crippen LogP contribution in [0.2, 0.25) is 0 Å². The molecule has 1 amide bonds. The van der Waals surface area contributed by atoms with Crippen LogP contribution in [0.3, 0.4) is 0 Å². The molecule has 3 N–H and O–H groups in total. The van der Waals surface area contributed by atoms with Crippen LogP contribution in [0.15, 0.2) is 54.7 Å². The van der Waals surface area contributed by atoms with Crippen LogP contribution in [-0.4, -0.2) is 24.0 Å². The van der Waals surface area contributed by atoms with E-state index in [1.165, 1.54) is 17.0 Å². The van der Waals surface area contributed by atoms with E-state index in [4.69, 9.17) is 0 Å². The van der Waals surface area contributed by atoms with Gasteiger partial charge in [0.15, 0.2) is 0 Å². The molecular formula is C18H18FN3O. The van der Waals surface area contributed by atoms with Gasteiger partial charge in [-0.1, -0.05) is 30.3 Å². The van der Waals surface area contributed by atoms with Crippen molar-refractivity contribution < 1.29 is 9.18 Å². The third kappa shape index (κ3) is 3.69. The predicted molar refractivity (Wildman–Crippen MR) is 89.9 cm³/mol. The molecule has 3 aromatic rings. The quantitative estimate of drug-likeness (QED) is 0.655. The summed E-state index contributed by atoms with van der Waals surface area (Å²) in [6.07, 6.45) is 2.71. The number of rotatable bonds is 6. The summed E-state index contributed by atoms with van der Waals surface area (Å²) in [5.74, 6) is -0.521. The molecular weight excluding hydrogens is 293 g/mol. The van der Waals surface area contributed by atoms with Gasteiger partial charge < -0.3 is 15.6 Å². The summed E-state index contributed by atoms with van der Waals surface area (Å²) >= 11 is 0. The number of aromatic amines is 1. The number of carbonyl (C=O) groups is 1. The zero-order valence-corrected chi connectivity index (χ0v) is 12.6. The van der Waals surface area contributed by atoms with Crippen molar-refractivity contribution in [3.63, 3.8) is 0 Å². The second kappa shape index (κ2) is 6.96. The number of carbonyl (C=O) groups excluding carboxylic acids is 1. The molecule has 2 aromatic carbocycles. The fourth-order valence-electron chi connectivity index (χ4n) is 2.52. The molecule has 1 aromatic heterocycles. The number of halogens is 1. The van der Waals surface area contributed by atoms with Gasteiger partial charge in [-0.25, -0.2) is 4.39 Å². The minimum absolute atomic E-state index is 0.0504. The Labute approximate surface area is 133 Å². The van der Waals surface area contributed by atoms with Gasteiger partial charge in [0.1, 0.15) is 5.82 Å². The number of para-hydroxylation sites is 2. The molecule has 23 heavy (non-hydrogen) atoms. The second-order valence-electron chi connectivity index (χ2n) is 5.29. The number of aromatic nitrogens is 1. The highest BCUT2D eigenvalue weighted by Gasteiger charge is 2.06. The third-order valence-electron chi connectivity index (χ3n) is 3.70. The maximum Gasteiger partial charge on any atom is 0.239 e. The molecule has 1 heterocycles. The van der Waals surface area contributed by atoms with E-state index in [0.717, 1.165) is 11.9 Å². The Morgan fingerprint density at radius 3 is 2.74 bits per heavy atom.